The molecule has 3 heterocycles. The van der Waals surface area contributed by atoms with Crippen LogP contribution in [0.1, 0.15) is 5.56 Å². The zero-order valence-corrected chi connectivity index (χ0v) is 10.3. The summed E-state index contributed by atoms with van der Waals surface area (Å²) in [6, 6.07) is 3.97. The lowest BCUT2D eigenvalue weighted by atomic mass is 10.2. The Labute approximate surface area is 105 Å². The number of aryl methyl sites for hydroxylation is 1. The summed E-state index contributed by atoms with van der Waals surface area (Å²) >= 11 is 0. The highest BCUT2D eigenvalue weighted by Crippen LogP contribution is 2.28. The van der Waals surface area contributed by atoms with E-state index in [4.69, 9.17) is 0 Å². The molecule has 0 bridgehead atoms. The molecule has 0 aliphatic carbocycles. The van der Waals surface area contributed by atoms with Crippen LogP contribution in [0.15, 0.2) is 37.1 Å². The van der Waals surface area contributed by atoms with E-state index in [1.54, 1.807) is 12.5 Å². The van der Waals surface area contributed by atoms with Crippen molar-refractivity contribution in [3.8, 4) is 0 Å². The summed E-state index contributed by atoms with van der Waals surface area (Å²) in [6.07, 6.45) is 7.07. The van der Waals surface area contributed by atoms with Crippen LogP contribution in [0.4, 0.5) is 11.5 Å². The smallest absolute Gasteiger partial charge is 0.145 e. The summed E-state index contributed by atoms with van der Waals surface area (Å²) < 4.78 is 0. The van der Waals surface area contributed by atoms with Crippen molar-refractivity contribution in [2.24, 2.45) is 0 Å². The van der Waals surface area contributed by atoms with Gasteiger partial charge in [0, 0.05) is 19.4 Å². The summed E-state index contributed by atoms with van der Waals surface area (Å²) in [4.78, 5) is 17.8. The van der Waals surface area contributed by atoms with Crippen molar-refractivity contribution >= 4 is 22.5 Å². The van der Waals surface area contributed by atoms with Gasteiger partial charge in [-0.25, -0.2) is 9.97 Å². The highest BCUT2D eigenvalue weighted by Gasteiger charge is 2.12. The van der Waals surface area contributed by atoms with Crippen molar-refractivity contribution in [1.29, 1.82) is 0 Å². The minimum Gasteiger partial charge on any atom is -0.346 e. The maximum Gasteiger partial charge on any atom is 0.145 e. The Kier molecular flexibility index (Phi) is 2.44. The van der Waals surface area contributed by atoms with Crippen molar-refractivity contribution < 1.29 is 0 Å². The number of pyridine rings is 1. The van der Waals surface area contributed by atoms with Gasteiger partial charge in [0.15, 0.2) is 0 Å². The molecule has 5 heteroatoms. The molecule has 18 heavy (non-hydrogen) atoms. The zero-order valence-electron chi connectivity index (χ0n) is 10.3. The van der Waals surface area contributed by atoms with Crippen LogP contribution >= 0.6 is 0 Å². The van der Waals surface area contributed by atoms with Crippen LogP contribution < -0.4 is 4.90 Å². The molecular formula is C13H13N5. The molecule has 3 aromatic heterocycles. The molecule has 1 N–H and O–H groups in total. The highest BCUT2D eigenvalue weighted by atomic mass is 15.2. The lowest BCUT2D eigenvalue weighted by Crippen LogP contribution is -2.13. The van der Waals surface area contributed by atoms with E-state index in [-0.39, 0.29) is 0 Å². The molecular weight excluding hydrogens is 226 g/mol. The summed E-state index contributed by atoms with van der Waals surface area (Å²) in [6.45, 7) is 2.06. The van der Waals surface area contributed by atoms with E-state index in [0.29, 0.717) is 0 Å². The second-order valence-electron chi connectivity index (χ2n) is 4.16. The van der Waals surface area contributed by atoms with Crippen molar-refractivity contribution in [2.75, 3.05) is 11.9 Å². The molecule has 0 unspecified atom stereocenters. The van der Waals surface area contributed by atoms with Crippen LogP contribution in [0.5, 0.6) is 0 Å². The number of anilines is 2. The van der Waals surface area contributed by atoms with Crippen LogP contribution in [0.3, 0.4) is 0 Å². The molecule has 0 spiro atoms. The Morgan fingerprint density at radius 2 is 2.11 bits per heavy atom. The number of fused-ring (bicyclic) bond motifs is 1. The molecule has 0 aliphatic rings. The van der Waals surface area contributed by atoms with Gasteiger partial charge in [0.1, 0.15) is 17.8 Å². The van der Waals surface area contributed by atoms with Gasteiger partial charge in [0.05, 0.1) is 17.3 Å². The summed E-state index contributed by atoms with van der Waals surface area (Å²) in [5.41, 5.74) is 3.04. The fourth-order valence-electron chi connectivity index (χ4n) is 2.05. The molecule has 0 fully saturated rings. The minimum atomic E-state index is 0.841. The minimum absolute atomic E-state index is 0.841. The summed E-state index contributed by atoms with van der Waals surface area (Å²) in [5.74, 6) is 0.873. The molecule has 0 saturated heterocycles. The normalized spacial score (nSPS) is 10.8. The van der Waals surface area contributed by atoms with Crippen LogP contribution in [0, 0.1) is 6.92 Å². The number of nitrogens with one attached hydrogen (secondary N) is 1. The fourth-order valence-corrected chi connectivity index (χ4v) is 2.05. The number of hydrogen-bond donors (Lipinski definition) is 1. The number of aromatic amines is 1. The zero-order chi connectivity index (χ0) is 12.5. The molecule has 5 nitrogen and oxygen atoms in total. The number of rotatable bonds is 2. The first-order valence-corrected chi connectivity index (χ1v) is 5.70. The van der Waals surface area contributed by atoms with Gasteiger partial charge in [-0.15, -0.1) is 0 Å². The maximum absolute atomic E-state index is 4.36. The largest absolute Gasteiger partial charge is 0.346 e. The lowest BCUT2D eigenvalue weighted by molar-refractivity contribution is 1.08. The van der Waals surface area contributed by atoms with Gasteiger partial charge in [-0.1, -0.05) is 0 Å². The van der Waals surface area contributed by atoms with Crippen LogP contribution in [0.25, 0.3) is 11.0 Å². The fraction of sp³-hybridized carbons (Fsp3) is 0.154. The Morgan fingerprint density at radius 3 is 2.94 bits per heavy atom. The Hall–Kier alpha value is -2.43. The molecule has 0 aromatic carbocycles. The molecule has 0 saturated carbocycles. The van der Waals surface area contributed by atoms with Gasteiger partial charge < -0.3 is 9.88 Å². The van der Waals surface area contributed by atoms with Gasteiger partial charge in [-0.05, 0) is 24.6 Å². The van der Waals surface area contributed by atoms with Gasteiger partial charge in [-0.2, -0.15) is 0 Å². The van der Waals surface area contributed by atoms with Crippen molar-refractivity contribution in [2.45, 2.75) is 6.92 Å². The van der Waals surface area contributed by atoms with Crippen LogP contribution in [-0.2, 0) is 0 Å². The number of aromatic nitrogens is 4. The first-order chi connectivity index (χ1) is 8.77. The van der Waals surface area contributed by atoms with E-state index in [1.165, 1.54) is 0 Å². The average molecular weight is 239 g/mol. The Morgan fingerprint density at radius 1 is 1.22 bits per heavy atom. The maximum atomic E-state index is 4.36. The molecule has 3 rings (SSSR count). The topological polar surface area (TPSA) is 57.7 Å². The SMILES string of the molecule is Cc1ccncc1N(C)c1ncnc2[nH]ccc12. The van der Waals surface area contributed by atoms with E-state index in [9.17, 15) is 0 Å². The first kappa shape index (κ1) is 10.7. The third-order valence-electron chi connectivity index (χ3n) is 3.02. The number of hydrogen-bond acceptors (Lipinski definition) is 4. The third kappa shape index (κ3) is 1.60. The molecule has 0 amide bonds. The predicted molar refractivity (Wildman–Crippen MR) is 70.9 cm³/mol. The van der Waals surface area contributed by atoms with Crippen LogP contribution in [0.2, 0.25) is 0 Å². The van der Waals surface area contributed by atoms with Gasteiger partial charge in [0.2, 0.25) is 0 Å². The Balaban J connectivity index is 2.15. The molecule has 90 valence electrons. The first-order valence-electron chi connectivity index (χ1n) is 5.70. The second-order valence-corrected chi connectivity index (χ2v) is 4.16. The van der Waals surface area contributed by atoms with Crippen molar-refractivity contribution in [1.82, 2.24) is 19.9 Å². The van der Waals surface area contributed by atoms with Gasteiger partial charge in [0.25, 0.3) is 0 Å². The van der Waals surface area contributed by atoms with E-state index in [2.05, 4.69) is 26.9 Å². The van der Waals surface area contributed by atoms with Crippen LogP contribution in [-0.4, -0.2) is 27.0 Å². The van der Waals surface area contributed by atoms with E-state index in [0.717, 1.165) is 28.1 Å². The predicted octanol–water partition coefficient (Wildman–Crippen LogP) is 2.43. The summed E-state index contributed by atoms with van der Waals surface area (Å²) in [7, 11) is 1.98. The summed E-state index contributed by atoms with van der Waals surface area (Å²) in [5, 5.41) is 1.00. The van der Waals surface area contributed by atoms with E-state index >= 15 is 0 Å². The second kappa shape index (κ2) is 4.10. The van der Waals surface area contributed by atoms with Gasteiger partial charge >= 0.3 is 0 Å². The van der Waals surface area contributed by atoms with Crippen molar-refractivity contribution in [3.05, 3.63) is 42.6 Å². The average Bonchev–Trinajstić information content (AvgIpc) is 2.86. The lowest BCUT2D eigenvalue weighted by Gasteiger charge is -2.20. The monoisotopic (exact) mass is 239 g/mol. The molecule has 3 aromatic rings. The quantitative estimate of drug-likeness (QED) is 0.746. The van der Waals surface area contributed by atoms with E-state index in [1.807, 2.05) is 36.5 Å². The molecule has 0 aliphatic heterocycles. The van der Waals surface area contributed by atoms with E-state index < -0.39 is 0 Å². The highest BCUT2D eigenvalue weighted by molar-refractivity contribution is 5.89. The molecule has 0 radical (unpaired) electrons. The van der Waals surface area contributed by atoms with Crippen molar-refractivity contribution in [3.63, 3.8) is 0 Å². The number of nitrogens with zero attached hydrogens (tertiary/aromatic N) is 4. The number of H-pyrrole nitrogens is 1. The third-order valence-corrected chi connectivity index (χ3v) is 3.02. The standard InChI is InChI=1S/C13H13N5/c1-9-3-5-14-7-11(9)18(2)13-10-4-6-15-12(10)16-8-17-13/h3-8H,1-2H3,(H,15,16,17). The Bertz CT molecular complexity index is 688. The molecule has 0 atom stereocenters. The van der Waals surface area contributed by atoms with Gasteiger partial charge in [-0.3, -0.25) is 4.98 Å².